The molecule has 4 amide bonds. The Hall–Kier alpha value is -4.72. The topological polar surface area (TPSA) is 238 Å². The first-order valence-corrected chi connectivity index (χ1v) is 13.2. The second-order valence-corrected chi connectivity index (χ2v) is 9.95. The SMILES string of the molecule is CCC(C)C(NC(=O)C(Cc1c[nH]c2ccccc12)NC(=O)C(N)CC(N)=O)C(=O)NC(Cc1cnc[nH]1)C(=O)O. The maximum Gasteiger partial charge on any atom is 0.326 e. The molecule has 2 aromatic heterocycles. The second kappa shape index (κ2) is 14.1. The summed E-state index contributed by atoms with van der Waals surface area (Å²) < 4.78 is 0. The number of nitrogens with one attached hydrogen (secondary N) is 5. The number of carbonyl (C=O) groups excluding carboxylic acids is 4. The van der Waals surface area contributed by atoms with E-state index < -0.39 is 60.2 Å². The normalized spacial score (nSPS) is 14.8. The Kier molecular flexibility index (Phi) is 10.6. The first-order chi connectivity index (χ1) is 19.5. The third-order valence-corrected chi connectivity index (χ3v) is 6.88. The summed E-state index contributed by atoms with van der Waals surface area (Å²) >= 11 is 0. The molecule has 14 nitrogen and oxygen atoms in total. The standard InChI is InChI=1S/C27H36N8O6/c1-3-14(2)23(26(39)34-21(27(40)41)9-16-12-30-13-32-16)35-25(38)20(33-24(37)18(28)10-22(29)36)8-15-11-31-19-7-5-4-6-17(15)19/h4-7,11-14,18,20-21,23,31H,3,8-10,28H2,1-2H3,(H2,29,36)(H,30,32)(H,33,37)(H,34,39)(H,35,38)(H,40,41). The number of hydrogen-bond acceptors (Lipinski definition) is 7. The molecule has 3 aromatic rings. The molecule has 10 N–H and O–H groups in total. The number of rotatable bonds is 15. The second-order valence-electron chi connectivity index (χ2n) is 9.95. The van der Waals surface area contributed by atoms with E-state index in [4.69, 9.17) is 11.5 Å². The summed E-state index contributed by atoms with van der Waals surface area (Å²) in [5, 5.41) is 18.3. The molecule has 0 bridgehead atoms. The van der Waals surface area contributed by atoms with Crippen molar-refractivity contribution in [1.82, 2.24) is 30.9 Å². The van der Waals surface area contributed by atoms with E-state index >= 15 is 0 Å². The fraction of sp³-hybridized carbons (Fsp3) is 0.407. The zero-order valence-corrected chi connectivity index (χ0v) is 22.8. The molecule has 0 aliphatic heterocycles. The number of aliphatic carboxylic acids is 1. The van der Waals surface area contributed by atoms with Crippen molar-refractivity contribution < 1.29 is 29.1 Å². The van der Waals surface area contributed by atoms with Crippen LogP contribution in [0.5, 0.6) is 0 Å². The van der Waals surface area contributed by atoms with Crippen LogP contribution in [0.1, 0.15) is 37.9 Å². The lowest BCUT2D eigenvalue weighted by Gasteiger charge is -2.28. The van der Waals surface area contributed by atoms with E-state index in [-0.39, 0.29) is 18.8 Å². The Labute approximate surface area is 236 Å². The Morgan fingerprint density at radius 1 is 0.976 bits per heavy atom. The summed E-state index contributed by atoms with van der Waals surface area (Å²) in [6.45, 7) is 3.57. The van der Waals surface area contributed by atoms with Gasteiger partial charge in [0.1, 0.15) is 18.1 Å². The molecule has 0 radical (unpaired) electrons. The summed E-state index contributed by atoms with van der Waals surface area (Å²) in [6, 6.07) is 2.56. The Morgan fingerprint density at radius 2 is 1.68 bits per heavy atom. The number of fused-ring (bicyclic) bond motifs is 1. The van der Waals surface area contributed by atoms with Crippen molar-refractivity contribution >= 4 is 40.5 Å². The molecule has 2 heterocycles. The molecule has 0 spiro atoms. The molecular weight excluding hydrogens is 532 g/mol. The molecule has 3 rings (SSSR count). The van der Waals surface area contributed by atoms with Gasteiger partial charge >= 0.3 is 5.97 Å². The van der Waals surface area contributed by atoms with Crippen molar-refractivity contribution in [3.63, 3.8) is 0 Å². The average molecular weight is 569 g/mol. The molecule has 5 unspecified atom stereocenters. The average Bonchev–Trinajstić information content (AvgIpc) is 3.60. The number of carboxylic acids is 1. The van der Waals surface area contributed by atoms with Crippen LogP contribution in [0.4, 0.5) is 0 Å². The van der Waals surface area contributed by atoms with E-state index in [0.29, 0.717) is 12.1 Å². The number of aromatic nitrogens is 3. The number of primary amides is 1. The summed E-state index contributed by atoms with van der Waals surface area (Å²) in [7, 11) is 0. The van der Waals surface area contributed by atoms with Gasteiger partial charge in [-0.25, -0.2) is 9.78 Å². The lowest BCUT2D eigenvalue weighted by Crippen LogP contribution is -2.59. The summed E-state index contributed by atoms with van der Waals surface area (Å²) in [5.41, 5.74) is 13.0. The van der Waals surface area contributed by atoms with Crippen LogP contribution in [0.15, 0.2) is 43.0 Å². The molecule has 0 saturated carbocycles. The molecule has 0 aliphatic rings. The van der Waals surface area contributed by atoms with Crippen LogP contribution >= 0.6 is 0 Å². The summed E-state index contributed by atoms with van der Waals surface area (Å²) in [4.78, 5) is 72.6. The van der Waals surface area contributed by atoms with Gasteiger partial charge in [-0.2, -0.15) is 0 Å². The number of aromatic amines is 2. The van der Waals surface area contributed by atoms with Gasteiger partial charge in [0.25, 0.3) is 0 Å². The summed E-state index contributed by atoms with van der Waals surface area (Å²) in [6.07, 6.45) is 4.63. The molecule has 5 atom stereocenters. The maximum absolute atomic E-state index is 13.6. The van der Waals surface area contributed by atoms with Gasteiger partial charge in [-0.1, -0.05) is 38.5 Å². The van der Waals surface area contributed by atoms with Crippen LogP contribution < -0.4 is 27.4 Å². The van der Waals surface area contributed by atoms with Crippen LogP contribution in [0.2, 0.25) is 0 Å². The van der Waals surface area contributed by atoms with Gasteiger partial charge in [-0.05, 0) is 17.5 Å². The quantitative estimate of drug-likeness (QED) is 0.118. The first-order valence-electron chi connectivity index (χ1n) is 13.2. The monoisotopic (exact) mass is 568 g/mol. The number of benzene rings is 1. The van der Waals surface area contributed by atoms with Gasteiger partial charge in [-0.3, -0.25) is 19.2 Å². The van der Waals surface area contributed by atoms with E-state index in [1.54, 1.807) is 13.1 Å². The van der Waals surface area contributed by atoms with Crippen LogP contribution in [0, 0.1) is 5.92 Å². The maximum atomic E-state index is 13.6. The smallest absolute Gasteiger partial charge is 0.326 e. The number of hydrogen-bond donors (Lipinski definition) is 8. The zero-order valence-electron chi connectivity index (χ0n) is 22.8. The summed E-state index contributed by atoms with van der Waals surface area (Å²) in [5.74, 6) is -4.56. The van der Waals surface area contributed by atoms with Gasteiger partial charge < -0.3 is 42.5 Å². The Balaban J connectivity index is 1.83. The highest BCUT2D eigenvalue weighted by Gasteiger charge is 2.33. The first kappa shape index (κ1) is 30.8. The number of para-hydroxylation sites is 1. The predicted molar refractivity (Wildman–Crippen MR) is 149 cm³/mol. The fourth-order valence-electron chi connectivity index (χ4n) is 4.35. The van der Waals surface area contributed by atoms with Crippen LogP contribution in [0.25, 0.3) is 10.9 Å². The minimum Gasteiger partial charge on any atom is -0.480 e. The van der Waals surface area contributed by atoms with Crippen LogP contribution in [-0.4, -0.2) is 73.8 Å². The molecular formula is C27H36N8O6. The Morgan fingerprint density at radius 3 is 2.32 bits per heavy atom. The molecule has 0 saturated heterocycles. The van der Waals surface area contributed by atoms with Crippen molar-refractivity contribution in [1.29, 1.82) is 0 Å². The van der Waals surface area contributed by atoms with Crippen molar-refractivity contribution in [2.75, 3.05) is 0 Å². The van der Waals surface area contributed by atoms with Crippen molar-refractivity contribution in [3.05, 3.63) is 54.2 Å². The number of nitrogens with zero attached hydrogens (tertiary/aromatic N) is 1. The van der Waals surface area contributed by atoms with Gasteiger partial charge in [-0.15, -0.1) is 0 Å². The van der Waals surface area contributed by atoms with E-state index in [2.05, 4.69) is 30.9 Å². The van der Waals surface area contributed by atoms with Crippen molar-refractivity contribution in [3.8, 4) is 0 Å². The van der Waals surface area contributed by atoms with Gasteiger partial charge in [0, 0.05) is 41.8 Å². The number of imidazole rings is 1. The molecule has 41 heavy (non-hydrogen) atoms. The number of carbonyl (C=O) groups is 5. The molecule has 1 aromatic carbocycles. The number of carboxylic acid groups (broad SMARTS) is 1. The number of H-pyrrole nitrogens is 2. The highest BCUT2D eigenvalue weighted by atomic mass is 16.4. The van der Waals surface area contributed by atoms with Crippen LogP contribution in [0.3, 0.4) is 0 Å². The van der Waals surface area contributed by atoms with Gasteiger partial charge in [0.05, 0.1) is 18.8 Å². The van der Waals surface area contributed by atoms with Crippen molar-refractivity contribution in [2.24, 2.45) is 17.4 Å². The minimum absolute atomic E-state index is 0.0390. The lowest BCUT2D eigenvalue weighted by molar-refractivity contribution is -0.142. The lowest BCUT2D eigenvalue weighted by atomic mass is 9.96. The third-order valence-electron chi connectivity index (χ3n) is 6.88. The zero-order chi connectivity index (χ0) is 30.1. The fourth-order valence-corrected chi connectivity index (χ4v) is 4.35. The van der Waals surface area contributed by atoms with E-state index in [9.17, 15) is 29.1 Å². The van der Waals surface area contributed by atoms with E-state index in [1.165, 1.54) is 12.5 Å². The highest BCUT2D eigenvalue weighted by molar-refractivity contribution is 5.95. The molecule has 0 aliphatic carbocycles. The predicted octanol–water partition coefficient (Wildman–Crippen LogP) is -0.536. The minimum atomic E-state index is -1.28. The molecule has 220 valence electrons. The van der Waals surface area contributed by atoms with E-state index in [0.717, 1.165) is 16.5 Å². The largest absolute Gasteiger partial charge is 0.480 e. The number of amides is 4. The highest BCUT2D eigenvalue weighted by Crippen LogP contribution is 2.20. The number of nitrogens with two attached hydrogens (primary N) is 2. The van der Waals surface area contributed by atoms with Crippen molar-refractivity contribution in [2.45, 2.75) is 63.7 Å². The molecule has 0 fully saturated rings. The third kappa shape index (κ3) is 8.38. The Bertz CT molecular complexity index is 1370. The van der Waals surface area contributed by atoms with E-state index in [1.807, 2.05) is 31.2 Å². The molecule has 14 heteroatoms. The van der Waals surface area contributed by atoms with Crippen LogP contribution in [-0.2, 0) is 36.8 Å². The van der Waals surface area contributed by atoms with Gasteiger partial charge in [0.15, 0.2) is 0 Å². The van der Waals surface area contributed by atoms with Gasteiger partial charge in [0.2, 0.25) is 23.6 Å².